The van der Waals surface area contributed by atoms with E-state index in [4.69, 9.17) is 28.7 Å². The predicted octanol–water partition coefficient (Wildman–Crippen LogP) is -3.73. The van der Waals surface area contributed by atoms with E-state index >= 15 is 0 Å². The highest BCUT2D eigenvalue weighted by atomic mass is 16.4. The van der Waals surface area contributed by atoms with Crippen molar-refractivity contribution in [3.63, 3.8) is 0 Å². The molecular formula is C23H41N11O6. The number of nitrogens with two attached hydrogens (primary N) is 5. The fourth-order valence-electron chi connectivity index (χ4n) is 3.60. The molecule has 1 heterocycles. The van der Waals surface area contributed by atoms with Crippen molar-refractivity contribution in [2.45, 2.75) is 75.5 Å². The van der Waals surface area contributed by atoms with Crippen LogP contribution in [0.2, 0.25) is 0 Å². The number of carbonyl (C=O) groups excluding carboxylic acids is 4. The number of imidazole rings is 1. The van der Waals surface area contributed by atoms with E-state index in [0.717, 1.165) is 0 Å². The summed E-state index contributed by atoms with van der Waals surface area (Å²) in [6, 6.07) is -4.68. The first-order valence-electron chi connectivity index (χ1n) is 12.8. The van der Waals surface area contributed by atoms with Crippen LogP contribution in [0, 0.1) is 0 Å². The number of guanidine groups is 1. The molecule has 0 spiro atoms. The minimum atomic E-state index is -1.23. The lowest BCUT2D eigenvalue weighted by Gasteiger charge is -2.25. The van der Waals surface area contributed by atoms with Gasteiger partial charge in [-0.15, -0.1) is 0 Å². The number of rotatable bonds is 20. The fraction of sp³-hybridized carbons (Fsp3) is 0.609. The first-order chi connectivity index (χ1) is 18.9. The lowest BCUT2D eigenvalue weighted by Crippen LogP contribution is -2.57. The summed E-state index contributed by atoms with van der Waals surface area (Å²) in [6.45, 7) is 0.540. The van der Waals surface area contributed by atoms with Crippen molar-refractivity contribution in [1.29, 1.82) is 0 Å². The molecule has 0 aromatic carbocycles. The molecule has 40 heavy (non-hydrogen) atoms. The summed E-state index contributed by atoms with van der Waals surface area (Å²) in [7, 11) is 0. The number of carbonyl (C=O) groups is 5. The van der Waals surface area contributed by atoms with Gasteiger partial charge < -0.3 is 54.7 Å². The first kappa shape index (κ1) is 33.8. The smallest absolute Gasteiger partial charge is 0.326 e. The minimum absolute atomic E-state index is 0.0326. The SMILES string of the molecule is NCCCC[C@H](NC(=O)[C@H](Cc1cnc[nH]1)NC(=O)[C@H](CCCN=C(N)N)NC(=O)[C@@H](N)CCC(N)=O)C(=O)O. The molecule has 17 nitrogen and oxygen atoms in total. The van der Waals surface area contributed by atoms with Gasteiger partial charge >= 0.3 is 5.97 Å². The molecule has 4 amide bonds. The Hall–Kier alpha value is -4.25. The zero-order chi connectivity index (χ0) is 30.1. The molecule has 0 unspecified atom stereocenters. The normalized spacial score (nSPS) is 13.8. The summed E-state index contributed by atoms with van der Waals surface area (Å²) in [5.74, 6) is -4.18. The minimum Gasteiger partial charge on any atom is -0.480 e. The van der Waals surface area contributed by atoms with E-state index in [1.807, 2.05) is 0 Å². The van der Waals surface area contributed by atoms with Gasteiger partial charge in [0.2, 0.25) is 23.6 Å². The molecule has 15 N–H and O–H groups in total. The molecule has 0 saturated carbocycles. The van der Waals surface area contributed by atoms with Gasteiger partial charge in [-0.2, -0.15) is 0 Å². The van der Waals surface area contributed by atoms with Gasteiger partial charge in [0.25, 0.3) is 0 Å². The Morgan fingerprint density at radius 3 is 2.10 bits per heavy atom. The molecule has 0 aliphatic rings. The molecule has 0 aliphatic carbocycles. The Morgan fingerprint density at radius 1 is 0.900 bits per heavy atom. The van der Waals surface area contributed by atoms with Crippen LogP contribution in [0.5, 0.6) is 0 Å². The van der Waals surface area contributed by atoms with Crippen LogP contribution < -0.4 is 44.6 Å². The van der Waals surface area contributed by atoms with Crippen LogP contribution >= 0.6 is 0 Å². The van der Waals surface area contributed by atoms with Gasteiger partial charge in [0, 0.05) is 31.3 Å². The molecule has 0 saturated heterocycles. The summed E-state index contributed by atoms with van der Waals surface area (Å²) in [6.07, 6.45) is 4.21. The van der Waals surface area contributed by atoms with Crippen molar-refractivity contribution in [3.8, 4) is 0 Å². The molecule has 0 radical (unpaired) electrons. The fourth-order valence-corrected chi connectivity index (χ4v) is 3.60. The highest BCUT2D eigenvalue weighted by molar-refractivity contribution is 5.94. The van der Waals surface area contributed by atoms with Gasteiger partial charge in [-0.1, -0.05) is 0 Å². The van der Waals surface area contributed by atoms with E-state index < -0.39 is 53.8 Å². The van der Waals surface area contributed by atoms with Crippen molar-refractivity contribution in [2.24, 2.45) is 33.7 Å². The topological polar surface area (TPSA) is 313 Å². The van der Waals surface area contributed by atoms with E-state index in [1.54, 1.807) is 0 Å². The third kappa shape index (κ3) is 13.5. The van der Waals surface area contributed by atoms with Crippen LogP contribution in [0.1, 0.15) is 50.6 Å². The van der Waals surface area contributed by atoms with Gasteiger partial charge in [0.05, 0.1) is 12.4 Å². The number of hydrogen-bond acceptors (Lipinski definition) is 9. The predicted molar refractivity (Wildman–Crippen MR) is 145 cm³/mol. The molecule has 4 atom stereocenters. The van der Waals surface area contributed by atoms with Gasteiger partial charge in [-0.05, 0) is 45.1 Å². The van der Waals surface area contributed by atoms with Crippen LogP contribution in [0.15, 0.2) is 17.5 Å². The number of primary amides is 1. The molecule has 0 fully saturated rings. The molecule has 1 rings (SSSR count). The molecule has 17 heteroatoms. The van der Waals surface area contributed by atoms with Crippen molar-refractivity contribution < 1.29 is 29.1 Å². The number of aromatic nitrogens is 2. The molecular weight excluding hydrogens is 526 g/mol. The number of carboxylic acid groups (broad SMARTS) is 1. The summed E-state index contributed by atoms with van der Waals surface area (Å²) in [4.78, 5) is 72.4. The molecule has 1 aromatic heterocycles. The maximum atomic E-state index is 13.3. The standard InChI is InChI=1S/C23H41N11O6/c24-8-2-1-4-16(22(39)40)33-21(38)17(10-13-11-29-12-31-13)34-20(37)15(5-3-9-30-23(27)28)32-19(36)14(25)6-7-18(26)35/h11-12,14-17H,1-10,24-25H2,(H2,26,35)(H,29,31)(H,32,36)(H,33,38)(H,34,37)(H,39,40)(H4,27,28,30)/t14-,15-,16-,17-/m0/s1. The van der Waals surface area contributed by atoms with Crippen LogP contribution in [-0.4, -0.2) is 87.9 Å². The second-order valence-corrected chi connectivity index (χ2v) is 9.15. The second kappa shape index (κ2) is 18.1. The second-order valence-electron chi connectivity index (χ2n) is 9.15. The van der Waals surface area contributed by atoms with Crippen LogP contribution in [0.4, 0.5) is 0 Å². The van der Waals surface area contributed by atoms with Crippen molar-refractivity contribution >= 4 is 35.6 Å². The molecule has 0 bridgehead atoms. The highest BCUT2D eigenvalue weighted by Gasteiger charge is 2.30. The number of H-pyrrole nitrogens is 1. The van der Waals surface area contributed by atoms with Crippen molar-refractivity contribution in [1.82, 2.24) is 25.9 Å². The van der Waals surface area contributed by atoms with Crippen molar-refractivity contribution in [2.75, 3.05) is 13.1 Å². The number of unbranched alkanes of at least 4 members (excludes halogenated alkanes) is 1. The summed E-state index contributed by atoms with van der Waals surface area (Å²) in [5, 5.41) is 17.1. The van der Waals surface area contributed by atoms with E-state index in [1.165, 1.54) is 12.5 Å². The van der Waals surface area contributed by atoms with E-state index in [-0.39, 0.29) is 51.0 Å². The summed E-state index contributed by atoms with van der Waals surface area (Å²) >= 11 is 0. The Bertz CT molecular complexity index is 997. The average molecular weight is 568 g/mol. The maximum absolute atomic E-state index is 13.3. The van der Waals surface area contributed by atoms with Gasteiger partial charge in [-0.25, -0.2) is 9.78 Å². The van der Waals surface area contributed by atoms with E-state index in [9.17, 15) is 29.1 Å². The number of nitrogens with one attached hydrogen (secondary N) is 4. The lowest BCUT2D eigenvalue weighted by atomic mass is 10.0. The number of nitrogens with zero attached hydrogens (tertiary/aromatic N) is 2. The molecule has 224 valence electrons. The number of aromatic amines is 1. The number of carboxylic acids is 1. The zero-order valence-electron chi connectivity index (χ0n) is 22.3. The lowest BCUT2D eigenvalue weighted by molar-refractivity contribution is -0.142. The zero-order valence-corrected chi connectivity index (χ0v) is 22.3. The van der Waals surface area contributed by atoms with Crippen LogP contribution in [-0.2, 0) is 30.4 Å². The van der Waals surface area contributed by atoms with Crippen LogP contribution in [0.3, 0.4) is 0 Å². The van der Waals surface area contributed by atoms with Gasteiger partial charge in [-0.3, -0.25) is 24.2 Å². The van der Waals surface area contributed by atoms with Crippen molar-refractivity contribution in [3.05, 3.63) is 18.2 Å². The van der Waals surface area contributed by atoms with E-state index in [0.29, 0.717) is 25.1 Å². The van der Waals surface area contributed by atoms with Gasteiger partial charge in [0.15, 0.2) is 5.96 Å². The molecule has 1 aromatic rings. The average Bonchev–Trinajstić information content (AvgIpc) is 3.40. The number of amides is 4. The molecule has 0 aliphatic heterocycles. The largest absolute Gasteiger partial charge is 0.480 e. The quantitative estimate of drug-likeness (QED) is 0.0414. The monoisotopic (exact) mass is 567 g/mol. The van der Waals surface area contributed by atoms with E-state index in [2.05, 4.69) is 30.9 Å². The Labute approximate surface area is 231 Å². The third-order valence-corrected chi connectivity index (χ3v) is 5.79. The maximum Gasteiger partial charge on any atom is 0.326 e. The number of aliphatic carboxylic acids is 1. The van der Waals surface area contributed by atoms with Crippen LogP contribution in [0.25, 0.3) is 0 Å². The Morgan fingerprint density at radius 2 is 1.52 bits per heavy atom. The highest BCUT2D eigenvalue weighted by Crippen LogP contribution is 2.07. The Kier molecular flexibility index (Phi) is 15.3. The summed E-state index contributed by atoms with van der Waals surface area (Å²) < 4.78 is 0. The first-order valence-corrected chi connectivity index (χ1v) is 12.8. The van der Waals surface area contributed by atoms with Gasteiger partial charge in [0.1, 0.15) is 18.1 Å². The third-order valence-electron chi connectivity index (χ3n) is 5.79. The number of hydrogen-bond donors (Lipinski definition) is 10. The Balaban J connectivity index is 3.07. The summed E-state index contributed by atoms with van der Waals surface area (Å²) in [5.41, 5.74) is 27.6. The number of aliphatic imine (C=N–C) groups is 1.